The second-order valence-electron chi connectivity index (χ2n) is 6.91. The molecule has 1 aliphatic heterocycles. The Morgan fingerprint density at radius 1 is 1.18 bits per heavy atom. The van der Waals surface area contributed by atoms with Crippen molar-refractivity contribution in [1.82, 2.24) is 4.98 Å². The van der Waals surface area contributed by atoms with Crippen LogP contribution in [-0.4, -0.2) is 23.8 Å². The lowest BCUT2D eigenvalue weighted by Crippen LogP contribution is -2.38. The van der Waals surface area contributed by atoms with Crippen LogP contribution in [0, 0.1) is 5.92 Å². The molecule has 2 heterocycles. The van der Waals surface area contributed by atoms with E-state index in [4.69, 9.17) is 0 Å². The van der Waals surface area contributed by atoms with E-state index in [1.54, 1.807) is 11.9 Å². The SMILES string of the molecule is CN1C(=O)C(C(=O)Nc2nc(Cc3ccccc3)cs2)CCc2ccccc21. The van der Waals surface area contributed by atoms with Crippen molar-refractivity contribution >= 4 is 34.0 Å². The van der Waals surface area contributed by atoms with E-state index in [-0.39, 0.29) is 11.8 Å². The van der Waals surface area contributed by atoms with Crippen LogP contribution >= 0.6 is 11.3 Å². The van der Waals surface area contributed by atoms with Gasteiger partial charge in [0.25, 0.3) is 0 Å². The van der Waals surface area contributed by atoms with Crippen molar-refractivity contribution in [1.29, 1.82) is 0 Å². The first-order valence-electron chi connectivity index (χ1n) is 9.26. The fourth-order valence-electron chi connectivity index (χ4n) is 3.51. The van der Waals surface area contributed by atoms with Crippen LogP contribution in [0.25, 0.3) is 0 Å². The highest BCUT2D eigenvalue weighted by molar-refractivity contribution is 7.13. The molecule has 5 nitrogen and oxygen atoms in total. The van der Waals surface area contributed by atoms with Crippen LogP contribution in [0.2, 0.25) is 0 Å². The molecule has 1 aromatic heterocycles. The number of aryl methyl sites for hydroxylation is 1. The monoisotopic (exact) mass is 391 g/mol. The van der Waals surface area contributed by atoms with E-state index in [0.717, 1.165) is 16.9 Å². The summed E-state index contributed by atoms with van der Waals surface area (Å²) in [7, 11) is 1.73. The third-order valence-electron chi connectivity index (χ3n) is 5.01. The molecule has 2 aromatic carbocycles. The lowest BCUT2D eigenvalue weighted by Gasteiger charge is -2.20. The Bertz CT molecular complexity index is 1000. The van der Waals surface area contributed by atoms with Gasteiger partial charge in [-0.15, -0.1) is 11.3 Å². The summed E-state index contributed by atoms with van der Waals surface area (Å²) >= 11 is 1.39. The molecule has 0 spiro atoms. The van der Waals surface area contributed by atoms with E-state index in [1.165, 1.54) is 16.9 Å². The summed E-state index contributed by atoms with van der Waals surface area (Å²) in [4.78, 5) is 31.7. The summed E-state index contributed by atoms with van der Waals surface area (Å²) in [5, 5.41) is 5.32. The Labute approximate surface area is 168 Å². The smallest absolute Gasteiger partial charge is 0.239 e. The van der Waals surface area contributed by atoms with Gasteiger partial charge in [-0.2, -0.15) is 0 Å². The first kappa shape index (κ1) is 18.4. The van der Waals surface area contributed by atoms with Crippen LogP contribution in [0.1, 0.15) is 23.2 Å². The summed E-state index contributed by atoms with van der Waals surface area (Å²) in [6.45, 7) is 0. The van der Waals surface area contributed by atoms with Crippen molar-refractivity contribution in [3.05, 3.63) is 76.8 Å². The molecule has 0 saturated carbocycles. The first-order valence-corrected chi connectivity index (χ1v) is 10.1. The predicted molar refractivity (Wildman–Crippen MR) is 112 cm³/mol. The highest BCUT2D eigenvalue weighted by Gasteiger charge is 2.33. The minimum absolute atomic E-state index is 0.177. The van der Waals surface area contributed by atoms with Crippen molar-refractivity contribution in [2.24, 2.45) is 5.92 Å². The number of amides is 2. The van der Waals surface area contributed by atoms with Crippen molar-refractivity contribution < 1.29 is 9.59 Å². The van der Waals surface area contributed by atoms with E-state index in [0.29, 0.717) is 24.4 Å². The number of benzene rings is 2. The van der Waals surface area contributed by atoms with Crippen molar-refractivity contribution in [3.63, 3.8) is 0 Å². The Morgan fingerprint density at radius 2 is 1.93 bits per heavy atom. The third-order valence-corrected chi connectivity index (χ3v) is 5.82. The molecule has 2 amide bonds. The van der Waals surface area contributed by atoms with Gasteiger partial charge >= 0.3 is 0 Å². The second-order valence-corrected chi connectivity index (χ2v) is 7.77. The van der Waals surface area contributed by atoms with Gasteiger partial charge in [0, 0.05) is 24.5 Å². The topological polar surface area (TPSA) is 62.3 Å². The van der Waals surface area contributed by atoms with Gasteiger partial charge in [-0.05, 0) is 30.0 Å². The number of thiazole rings is 1. The average molecular weight is 391 g/mol. The van der Waals surface area contributed by atoms with E-state index < -0.39 is 5.92 Å². The molecule has 6 heteroatoms. The van der Waals surface area contributed by atoms with Crippen LogP contribution in [0.4, 0.5) is 10.8 Å². The molecule has 142 valence electrons. The maximum atomic E-state index is 12.8. The largest absolute Gasteiger partial charge is 0.315 e. The molecular weight excluding hydrogens is 370 g/mol. The molecule has 1 N–H and O–H groups in total. The first-order chi connectivity index (χ1) is 13.6. The van der Waals surface area contributed by atoms with E-state index in [9.17, 15) is 9.59 Å². The molecule has 0 bridgehead atoms. The Kier molecular flexibility index (Phi) is 5.21. The van der Waals surface area contributed by atoms with Gasteiger partial charge in [0.1, 0.15) is 5.92 Å². The quantitative estimate of drug-likeness (QED) is 0.686. The molecular formula is C22H21N3O2S. The molecule has 1 aliphatic rings. The minimum Gasteiger partial charge on any atom is -0.315 e. The lowest BCUT2D eigenvalue weighted by atomic mass is 10.00. The Hall–Kier alpha value is -2.99. The molecule has 1 unspecified atom stereocenters. The Morgan fingerprint density at radius 3 is 2.75 bits per heavy atom. The highest BCUT2D eigenvalue weighted by Crippen LogP contribution is 2.29. The van der Waals surface area contributed by atoms with Crippen LogP contribution in [0.15, 0.2) is 60.0 Å². The van der Waals surface area contributed by atoms with Gasteiger partial charge in [-0.25, -0.2) is 4.98 Å². The second kappa shape index (κ2) is 7.94. The number of nitrogens with one attached hydrogen (secondary N) is 1. The summed E-state index contributed by atoms with van der Waals surface area (Å²) in [6.07, 6.45) is 1.91. The zero-order chi connectivity index (χ0) is 19.5. The van der Waals surface area contributed by atoms with Crippen LogP contribution < -0.4 is 10.2 Å². The van der Waals surface area contributed by atoms with E-state index in [2.05, 4.69) is 22.4 Å². The number of hydrogen-bond donors (Lipinski definition) is 1. The molecule has 28 heavy (non-hydrogen) atoms. The molecule has 3 aromatic rings. The van der Waals surface area contributed by atoms with E-state index in [1.807, 2.05) is 47.8 Å². The van der Waals surface area contributed by atoms with Crippen molar-refractivity contribution in [2.75, 3.05) is 17.3 Å². The molecule has 0 saturated heterocycles. The predicted octanol–water partition coefficient (Wildman–Crippen LogP) is 3.90. The average Bonchev–Trinajstić information content (AvgIpc) is 3.10. The van der Waals surface area contributed by atoms with Gasteiger partial charge in [-0.3, -0.25) is 9.59 Å². The molecule has 0 aliphatic carbocycles. The van der Waals surface area contributed by atoms with Crippen molar-refractivity contribution in [2.45, 2.75) is 19.3 Å². The van der Waals surface area contributed by atoms with Crippen molar-refractivity contribution in [3.8, 4) is 0 Å². The number of aromatic nitrogens is 1. The van der Waals surface area contributed by atoms with Crippen LogP contribution in [0.3, 0.4) is 0 Å². The van der Waals surface area contributed by atoms with Gasteiger partial charge in [0.15, 0.2) is 5.13 Å². The number of carbonyl (C=O) groups excluding carboxylic acids is 2. The zero-order valence-corrected chi connectivity index (χ0v) is 16.4. The molecule has 0 radical (unpaired) electrons. The summed E-state index contributed by atoms with van der Waals surface area (Å²) in [5.41, 5.74) is 4.04. The summed E-state index contributed by atoms with van der Waals surface area (Å²) < 4.78 is 0. The lowest BCUT2D eigenvalue weighted by molar-refractivity contribution is -0.130. The standard InChI is InChI=1S/C22H21N3O2S/c1-25-19-10-6-5-9-16(19)11-12-18(21(25)27)20(26)24-22-23-17(14-28-22)13-15-7-3-2-4-8-15/h2-10,14,18H,11-13H2,1H3,(H,23,24,26). The fourth-order valence-corrected chi connectivity index (χ4v) is 4.22. The number of hydrogen-bond acceptors (Lipinski definition) is 4. The molecule has 1 atom stereocenters. The number of para-hydroxylation sites is 1. The maximum absolute atomic E-state index is 12.8. The van der Waals surface area contributed by atoms with Gasteiger partial charge in [0.2, 0.25) is 11.8 Å². The Balaban J connectivity index is 1.45. The number of anilines is 2. The van der Waals surface area contributed by atoms with Gasteiger partial charge in [-0.1, -0.05) is 48.5 Å². The van der Waals surface area contributed by atoms with Crippen LogP contribution in [-0.2, 0) is 22.4 Å². The number of fused-ring (bicyclic) bond motifs is 1. The third kappa shape index (κ3) is 3.82. The molecule has 0 fully saturated rings. The summed E-state index contributed by atoms with van der Waals surface area (Å²) in [6, 6.07) is 17.9. The van der Waals surface area contributed by atoms with Gasteiger partial charge < -0.3 is 10.2 Å². The highest BCUT2D eigenvalue weighted by atomic mass is 32.1. The number of carbonyl (C=O) groups is 2. The number of rotatable bonds is 4. The number of nitrogens with zero attached hydrogens (tertiary/aromatic N) is 2. The van der Waals surface area contributed by atoms with E-state index >= 15 is 0 Å². The summed E-state index contributed by atoms with van der Waals surface area (Å²) in [5.74, 6) is -1.17. The fraction of sp³-hybridized carbons (Fsp3) is 0.227. The van der Waals surface area contributed by atoms with Crippen LogP contribution in [0.5, 0.6) is 0 Å². The minimum atomic E-state index is -0.709. The normalized spacial score (nSPS) is 16.4. The zero-order valence-electron chi connectivity index (χ0n) is 15.6. The molecule has 4 rings (SSSR count). The van der Waals surface area contributed by atoms with Gasteiger partial charge in [0.05, 0.1) is 5.69 Å². The maximum Gasteiger partial charge on any atom is 0.239 e.